The number of pyridine rings is 1. The van der Waals surface area contributed by atoms with Gasteiger partial charge in [-0.25, -0.2) is 14.8 Å². The van der Waals surface area contributed by atoms with Gasteiger partial charge in [-0.15, -0.1) is 0 Å². The lowest BCUT2D eigenvalue weighted by atomic mass is 10.0. The van der Waals surface area contributed by atoms with Crippen molar-refractivity contribution in [3.63, 3.8) is 0 Å². The van der Waals surface area contributed by atoms with E-state index in [1.807, 2.05) is 26.0 Å². The molecule has 1 N–H and O–H groups in total. The van der Waals surface area contributed by atoms with Crippen molar-refractivity contribution in [2.75, 3.05) is 4.90 Å². The average Bonchev–Trinajstić information content (AvgIpc) is 3.43. The molecule has 0 amide bonds. The molecular formula is C27H25ClN6O2. The quantitative estimate of drug-likeness (QED) is 0.344. The van der Waals surface area contributed by atoms with E-state index < -0.39 is 5.76 Å². The fraction of sp³-hybridized carbons (Fsp3) is 0.259. The van der Waals surface area contributed by atoms with Crippen LogP contribution in [0.25, 0.3) is 16.9 Å². The van der Waals surface area contributed by atoms with Gasteiger partial charge in [0.2, 0.25) is 0 Å². The standard InChI is InChI=1S/C27H25ClN6O2/c1-4-23-30-24-20(28)13-15(2)29-26(24)34(23)19-11-12-22-18(14-19)10-9-17-7-5-6-8-21(17)33(22)16(3)25-31-27(35)36-32-25/h5-8,11-14,16H,4,9-10H2,1-3H3,(H,31,32,35). The zero-order valence-electron chi connectivity index (χ0n) is 20.2. The van der Waals surface area contributed by atoms with Crippen LogP contribution in [0, 0.1) is 6.92 Å². The molecule has 0 fully saturated rings. The summed E-state index contributed by atoms with van der Waals surface area (Å²) < 4.78 is 6.93. The number of nitrogens with zero attached hydrogens (tertiary/aromatic N) is 5. The van der Waals surface area contributed by atoms with Gasteiger partial charge >= 0.3 is 5.76 Å². The van der Waals surface area contributed by atoms with Crippen LogP contribution in [0.15, 0.2) is 57.8 Å². The van der Waals surface area contributed by atoms with Gasteiger partial charge in [0.25, 0.3) is 0 Å². The van der Waals surface area contributed by atoms with Crippen molar-refractivity contribution in [1.29, 1.82) is 0 Å². The van der Waals surface area contributed by atoms with Crippen LogP contribution in [0.1, 0.15) is 48.4 Å². The first-order valence-corrected chi connectivity index (χ1v) is 12.4. The van der Waals surface area contributed by atoms with Crippen molar-refractivity contribution in [3.8, 4) is 5.69 Å². The molecule has 36 heavy (non-hydrogen) atoms. The third-order valence-electron chi connectivity index (χ3n) is 6.82. The number of aromatic amines is 1. The Balaban J connectivity index is 1.54. The van der Waals surface area contributed by atoms with Gasteiger partial charge in [0.15, 0.2) is 11.5 Å². The third kappa shape index (κ3) is 3.60. The Morgan fingerprint density at radius 3 is 2.64 bits per heavy atom. The smallest absolute Gasteiger partial charge is 0.330 e. The summed E-state index contributed by atoms with van der Waals surface area (Å²) in [6.45, 7) is 6.04. The first-order valence-electron chi connectivity index (χ1n) is 12.1. The maximum absolute atomic E-state index is 11.7. The zero-order valence-corrected chi connectivity index (χ0v) is 21.0. The van der Waals surface area contributed by atoms with Crippen LogP contribution < -0.4 is 10.7 Å². The molecule has 5 aromatic rings. The van der Waals surface area contributed by atoms with Crippen molar-refractivity contribution in [2.24, 2.45) is 0 Å². The fourth-order valence-electron chi connectivity index (χ4n) is 5.14. The molecule has 0 bridgehead atoms. The number of para-hydroxylation sites is 1. The molecule has 0 saturated carbocycles. The molecule has 0 saturated heterocycles. The van der Waals surface area contributed by atoms with Gasteiger partial charge in [-0.3, -0.25) is 14.1 Å². The molecule has 182 valence electrons. The van der Waals surface area contributed by atoms with Gasteiger partial charge in [-0.2, -0.15) is 0 Å². The van der Waals surface area contributed by atoms with Crippen LogP contribution in [0.5, 0.6) is 0 Å². The molecule has 0 radical (unpaired) electrons. The monoisotopic (exact) mass is 500 g/mol. The van der Waals surface area contributed by atoms with Crippen LogP contribution in [0.3, 0.4) is 0 Å². The second-order valence-electron chi connectivity index (χ2n) is 9.10. The molecule has 3 aromatic heterocycles. The summed E-state index contributed by atoms with van der Waals surface area (Å²) in [7, 11) is 0. The highest BCUT2D eigenvalue weighted by molar-refractivity contribution is 6.34. The minimum Gasteiger partial charge on any atom is -0.330 e. The lowest BCUT2D eigenvalue weighted by Gasteiger charge is -2.31. The highest BCUT2D eigenvalue weighted by Crippen LogP contribution is 2.42. The average molecular weight is 501 g/mol. The number of hydrogen-bond acceptors (Lipinski definition) is 6. The van der Waals surface area contributed by atoms with Gasteiger partial charge < -0.3 is 4.90 Å². The Morgan fingerprint density at radius 1 is 1.08 bits per heavy atom. The van der Waals surface area contributed by atoms with E-state index in [1.165, 1.54) is 11.1 Å². The lowest BCUT2D eigenvalue weighted by Crippen LogP contribution is -2.24. The number of nitrogens with one attached hydrogen (secondary N) is 1. The number of fused-ring (bicyclic) bond motifs is 3. The number of halogens is 1. The number of anilines is 2. The minimum atomic E-state index is -0.559. The van der Waals surface area contributed by atoms with Gasteiger partial charge in [0.1, 0.15) is 11.3 Å². The van der Waals surface area contributed by atoms with Gasteiger partial charge in [-0.1, -0.05) is 41.9 Å². The summed E-state index contributed by atoms with van der Waals surface area (Å²) >= 11 is 6.53. The van der Waals surface area contributed by atoms with Crippen molar-refractivity contribution >= 4 is 34.1 Å². The van der Waals surface area contributed by atoms with Crippen molar-refractivity contribution in [3.05, 3.63) is 92.6 Å². The summed E-state index contributed by atoms with van der Waals surface area (Å²) in [4.78, 5) is 26.2. The number of rotatable bonds is 4. The first-order chi connectivity index (χ1) is 17.4. The number of benzene rings is 2. The summed E-state index contributed by atoms with van der Waals surface area (Å²) in [6.07, 6.45) is 2.50. The van der Waals surface area contributed by atoms with E-state index in [4.69, 9.17) is 26.1 Å². The number of hydrogen-bond donors (Lipinski definition) is 1. The Kier molecular flexibility index (Phi) is 5.41. The molecule has 9 heteroatoms. The Bertz CT molecular complexity index is 1670. The second kappa shape index (κ2) is 8.64. The van der Waals surface area contributed by atoms with Gasteiger partial charge in [0, 0.05) is 29.2 Å². The van der Waals surface area contributed by atoms with E-state index in [0.717, 1.165) is 53.5 Å². The molecule has 1 aliphatic rings. The topological polar surface area (TPSA) is 92.8 Å². The second-order valence-corrected chi connectivity index (χ2v) is 9.51. The molecular weight excluding hydrogens is 476 g/mol. The van der Waals surface area contributed by atoms with Crippen molar-refractivity contribution in [2.45, 2.75) is 46.1 Å². The van der Waals surface area contributed by atoms with Crippen LogP contribution in [-0.4, -0.2) is 24.7 Å². The van der Waals surface area contributed by atoms with Crippen LogP contribution in [0.4, 0.5) is 11.4 Å². The highest BCUT2D eigenvalue weighted by Gasteiger charge is 2.28. The van der Waals surface area contributed by atoms with Crippen molar-refractivity contribution in [1.82, 2.24) is 24.7 Å². The van der Waals surface area contributed by atoms with Crippen LogP contribution >= 0.6 is 11.6 Å². The molecule has 1 atom stereocenters. The predicted octanol–water partition coefficient (Wildman–Crippen LogP) is 5.62. The zero-order chi connectivity index (χ0) is 25.0. The van der Waals surface area contributed by atoms with E-state index in [0.29, 0.717) is 16.4 Å². The summed E-state index contributed by atoms with van der Waals surface area (Å²) in [5.74, 6) is 0.832. The van der Waals surface area contributed by atoms with Gasteiger partial charge in [0.05, 0.1) is 11.1 Å². The SMILES string of the molecule is CCc1nc2c(Cl)cc(C)nc2n1-c1ccc2c(c1)CCc1ccccc1N2C(C)c1noc(=O)[nH]1. The summed E-state index contributed by atoms with van der Waals surface area (Å²) in [5.41, 5.74) is 7.89. The lowest BCUT2D eigenvalue weighted by molar-refractivity contribution is 0.378. The molecule has 4 heterocycles. The number of aromatic nitrogens is 5. The molecule has 0 spiro atoms. The van der Waals surface area contributed by atoms with E-state index >= 15 is 0 Å². The molecule has 0 aliphatic carbocycles. The normalized spacial score (nSPS) is 13.9. The van der Waals surface area contributed by atoms with E-state index in [9.17, 15) is 4.79 Å². The molecule has 1 aliphatic heterocycles. The maximum atomic E-state index is 11.7. The predicted molar refractivity (Wildman–Crippen MR) is 140 cm³/mol. The first kappa shape index (κ1) is 22.5. The molecule has 6 rings (SSSR count). The molecule has 1 unspecified atom stereocenters. The van der Waals surface area contributed by atoms with Crippen LogP contribution in [0.2, 0.25) is 5.02 Å². The number of aryl methyl sites for hydroxylation is 4. The maximum Gasteiger partial charge on any atom is 0.438 e. The van der Waals surface area contributed by atoms with E-state index in [2.05, 4.69) is 62.9 Å². The number of imidazole rings is 1. The van der Waals surface area contributed by atoms with E-state index in [-0.39, 0.29) is 6.04 Å². The highest BCUT2D eigenvalue weighted by atomic mass is 35.5. The van der Waals surface area contributed by atoms with Crippen LogP contribution in [-0.2, 0) is 19.3 Å². The largest absolute Gasteiger partial charge is 0.438 e. The molecule has 8 nitrogen and oxygen atoms in total. The number of H-pyrrole nitrogens is 1. The van der Waals surface area contributed by atoms with E-state index in [1.54, 1.807) is 0 Å². The molecule has 2 aromatic carbocycles. The van der Waals surface area contributed by atoms with Gasteiger partial charge in [-0.05, 0) is 68.1 Å². The third-order valence-corrected chi connectivity index (χ3v) is 7.11. The minimum absolute atomic E-state index is 0.247. The Hall–Kier alpha value is -3.91. The van der Waals surface area contributed by atoms with Crippen molar-refractivity contribution < 1.29 is 4.52 Å². The Labute approximate surface area is 212 Å². The summed E-state index contributed by atoms with van der Waals surface area (Å²) in [5, 5.41) is 4.59. The fourth-order valence-corrected chi connectivity index (χ4v) is 5.43. The Morgan fingerprint density at radius 2 is 1.86 bits per heavy atom. The summed E-state index contributed by atoms with van der Waals surface area (Å²) in [6, 6.07) is 16.4.